The predicted octanol–water partition coefficient (Wildman–Crippen LogP) is 2.65. The summed E-state index contributed by atoms with van der Waals surface area (Å²) in [6.45, 7) is 5.27. The van der Waals surface area contributed by atoms with E-state index in [0.717, 1.165) is 13.0 Å². The van der Waals surface area contributed by atoms with Gasteiger partial charge in [-0.2, -0.15) is 0 Å². The second-order valence-electron chi connectivity index (χ2n) is 4.99. The lowest BCUT2D eigenvalue weighted by Gasteiger charge is -2.33. The quantitative estimate of drug-likeness (QED) is 0.789. The van der Waals surface area contributed by atoms with Crippen LogP contribution in [-0.2, 0) is 6.42 Å². The summed E-state index contributed by atoms with van der Waals surface area (Å²) >= 11 is 1.77. The van der Waals surface area contributed by atoms with Crippen LogP contribution in [0.2, 0.25) is 0 Å². The van der Waals surface area contributed by atoms with E-state index in [1.54, 1.807) is 11.8 Å². The summed E-state index contributed by atoms with van der Waals surface area (Å²) in [6.07, 6.45) is 3.11. The van der Waals surface area contributed by atoms with Crippen molar-refractivity contribution >= 4 is 11.8 Å². The molecule has 17 heavy (non-hydrogen) atoms. The molecule has 0 radical (unpaired) electrons. The lowest BCUT2D eigenvalue weighted by Crippen LogP contribution is -2.45. The maximum Gasteiger partial charge on any atom is 0.0609 e. The van der Waals surface area contributed by atoms with Crippen LogP contribution in [0.1, 0.15) is 19.4 Å². The molecular formula is C14H23NOS. The number of likely N-dealkylation sites (N-methyl/N-ethyl adjacent to an activating group) is 1. The molecule has 0 aliphatic carbocycles. The number of thioether (sulfide) groups is 1. The van der Waals surface area contributed by atoms with Gasteiger partial charge in [-0.05, 0) is 51.3 Å². The van der Waals surface area contributed by atoms with Crippen LogP contribution in [0.4, 0.5) is 0 Å². The minimum atomic E-state index is -0.140. The molecule has 1 N–H and O–H groups in total. The van der Waals surface area contributed by atoms with Gasteiger partial charge >= 0.3 is 0 Å². The van der Waals surface area contributed by atoms with Gasteiger partial charge in [0.15, 0.2) is 0 Å². The van der Waals surface area contributed by atoms with Crippen molar-refractivity contribution in [3.05, 3.63) is 29.8 Å². The zero-order chi connectivity index (χ0) is 12.9. The molecule has 0 saturated heterocycles. The highest BCUT2D eigenvalue weighted by molar-refractivity contribution is 7.98. The molecule has 1 aromatic rings. The van der Waals surface area contributed by atoms with E-state index in [0.29, 0.717) is 0 Å². The van der Waals surface area contributed by atoms with Gasteiger partial charge < -0.3 is 5.11 Å². The molecule has 0 bridgehead atoms. The maximum atomic E-state index is 9.29. The van der Waals surface area contributed by atoms with Gasteiger partial charge in [-0.25, -0.2) is 0 Å². The number of rotatable bonds is 6. The van der Waals surface area contributed by atoms with Crippen molar-refractivity contribution in [2.24, 2.45) is 0 Å². The smallest absolute Gasteiger partial charge is 0.0609 e. The van der Waals surface area contributed by atoms with Crippen LogP contribution < -0.4 is 0 Å². The number of aliphatic hydroxyl groups is 1. The van der Waals surface area contributed by atoms with E-state index in [1.165, 1.54) is 10.5 Å². The molecule has 0 atom stereocenters. The Hall–Kier alpha value is -0.510. The van der Waals surface area contributed by atoms with Crippen molar-refractivity contribution in [3.63, 3.8) is 0 Å². The van der Waals surface area contributed by atoms with Crippen LogP contribution >= 0.6 is 11.8 Å². The Morgan fingerprint density at radius 1 is 1.24 bits per heavy atom. The lowest BCUT2D eigenvalue weighted by molar-refractivity contribution is 0.0801. The van der Waals surface area contributed by atoms with Crippen molar-refractivity contribution in [1.29, 1.82) is 0 Å². The number of benzene rings is 1. The highest BCUT2D eigenvalue weighted by atomic mass is 32.2. The number of hydrogen-bond acceptors (Lipinski definition) is 3. The van der Waals surface area contributed by atoms with Crippen LogP contribution in [0.3, 0.4) is 0 Å². The minimum Gasteiger partial charge on any atom is -0.394 e. The summed E-state index contributed by atoms with van der Waals surface area (Å²) in [6, 6.07) is 8.70. The van der Waals surface area contributed by atoms with E-state index in [-0.39, 0.29) is 12.1 Å². The molecule has 2 nitrogen and oxygen atoms in total. The molecule has 0 saturated carbocycles. The summed E-state index contributed by atoms with van der Waals surface area (Å²) < 4.78 is 0. The highest BCUT2D eigenvalue weighted by Gasteiger charge is 2.21. The third kappa shape index (κ3) is 4.34. The summed E-state index contributed by atoms with van der Waals surface area (Å²) in [5.41, 5.74) is 1.21. The minimum absolute atomic E-state index is 0.140. The SMILES string of the molecule is CSc1ccc(CCN(C)C(C)(C)CO)cc1. The van der Waals surface area contributed by atoms with Crippen molar-refractivity contribution in [2.75, 3.05) is 26.5 Å². The van der Waals surface area contributed by atoms with Gasteiger partial charge in [-0.3, -0.25) is 4.90 Å². The van der Waals surface area contributed by atoms with Gasteiger partial charge in [0.05, 0.1) is 6.61 Å². The summed E-state index contributed by atoms with van der Waals surface area (Å²) in [4.78, 5) is 3.51. The van der Waals surface area contributed by atoms with Crippen LogP contribution in [-0.4, -0.2) is 42.0 Å². The summed E-state index contributed by atoms with van der Waals surface area (Å²) in [5.74, 6) is 0. The highest BCUT2D eigenvalue weighted by Crippen LogP contribution is 2.16. The van der Waals surface area contributed by atoms with E-state index in [1.807, 2.05) is 0 Å². The van der Waals surface area contributed by atoms with Crippen molar-refractivity contribution in [1.82, 2.24) is 4.90 Å². The fourth-order valence-electron chi connectivity index (χ4n) is 1.51. The summed E-state index contributed by atoms with van der Waals surface area (Å²) in [7, 11) is 2.06. The average Bonchev–Trinajstić information content (AvgIpc) is 2.36. The Morgan fingerprint density at radius 3 is 2.29 bits per heavy atom. The normalized spacial score (nSPS) is 12.1. The van der Waals surface area contributed by atoms with E-state index < -0.39 is 0 Å². The molecule has 0 amide bonds. The first-order chi connectivity index (χ1) is 7.99. The van der Waals surface area contributed by atoms with Crippen LogP contribution in [0.25, 0.3) is 0 Å². The molecule has 96 valence electrons. The standard InChI is InChI=1S/C14H23NOS/c1-14(2,11-16)15(3)10-9-12-5-7-13(17-4)8-6-12/h5-8,16H,9-11H2,1-4H3. The van der Waals surface area contributed by atoms with Crippen molar-refractivity contribution < 1.29 is 5.11 Å². The molecule has 1 aromatic carbocycles. The fourth-order valence-corrected chi connectivity index (χ4v) is 1.92. The molecule has 0 heterocycles. The predicted molar refractivity (Wildman–Crippen MR) is 75.7 cm³/mol. The number of nitrogens with zero attached hydrogens (tertiary/aromatic N) is 1. The van der Waals surface area contributed by atoms with Crippen molar-refractivity contribution in [2.45, 2.75) is 30.7 Å². The summed E-state index contributed by atoms with van der Waals surface area (Å²) in [5, 5.41) is 9.29. The molecule has 3 heteroatoms. The molecule has 0 aliphatic heterocycles. The second kappa shape index (κ2) is 6.43. The second-order valence-corrected chi connectivity index (χ2v) is 5.87. The van der Waals surface area contributed by atoms with Crippen LogP contribution in [0, 0.1) is 0 Å². The van der Waals surface area contributed by atoms with Gasteiger partial charge in [0.2, 0.25) is 0 Å². The largest absolute Gasteiger partial charge is 0.394 e. The van der Waals surface area contributed by atoms with Gasteiger partial charge in [-0.1, -0.05) is 12.1 Å². The fraction of sp³-hybridized carbons (Fsp3) is 0.571. The Balaban J connectivity index is 2.50. The van der Waals surface area contributed by atoms with Gasteiger partial charge in [-0.15, -0.1) is 11.8 Å². The van der Waals surface area contributed by atoms with E-state index in [9.17, 15) is 5.11 Å². The first-order valence-corrected chi connectivity index (χ1v) is 7.17. The maximum absolute atomic E-state index is 9.29. The third-order valence-electron chi connectivity index (χ3n) is 3.32. The van der Waals surface area contributed by atoms with Gasteiger partial charge in [0, 0.05) is 17.0 Å². The number of aliphatic hydroxyl groups excluding tert-OH is 1. The molecule has 0 unspecified atom stereocenters. The average molecular weight is 253 g/mol. The van der Waals surface area contributed by atoms with E-state index in [4.69, 9.17) is 0 Å². The zero-order valence-electron chi connectivity index (χ0n) is 11.2. The van der Waals surface area contributed by atoms with E-state index >= 15 is 0 Å². The van der Waals surface area contributed by atoms with Crippen molar-refractivity contribution in [3.8, 4) is 0 Å². The Labute approximate surface area is 109 Å². The Kier molecular flexibility index (Phi) is 5.50. The van der Waals surface area contributed by atoms with E-state index in [2.05, 4.69) is 56.3 Å². The first kappa shape index (κ1) is 14.6. The Morgan fingerprint density at radius 2 is 1.82 bits per heavy atom. The molecule has 0 fully saturated rings. The topological polar surface area (TPSA) is 23.5 Å². The zero-order valence-corrected chi connectivity index (χ0v) is 12.0. The molecular weight excluding hydrogens is 230 g/mol. The lowest BCUT2D eigenvalue weighted by atomic mass is 10.0. The van der Waals surface area contributed by atoms with Crippen LogP contribution in [0.15, 0.2) is 29.2 Å². The van der Waals surface area contributed by atoms with Gasteiger partial charge in [0.25, 0.3) is 0 Å². The number of hydrogen-bond donors (Lipinski definition) is 1. The Bertz CT molecular complexity index is 335. The first-order valence-electron chi connectivity index (χ1n) is 5.94. The molecule has 0 aromatic heterocycles. The molecule has 0 aliphatic rings. The van der Waals surface area contributed by atoms with Gasteiger partial charge in [0.1, 0.15) is 0 Å². The molecule has 1 rings (SSSR count). The monoisotopic (exact) mass is 253 g/mol. The molecule has 0 spiro atoms. The van der Waals surface area contributed by atoms with Crippen LogP contribution in [0.5, 0.6) is 0 Å². The third-order valence-corrected chi connectivity index (χ3v) is 4.06.